The number of nitrogens with one attached hydrogen (secondary N) is 6. The highest BCUT2D eigenvalue weighted by molar-refractivity contribution is 6.09. The van der Waals surface area contributed by atoms with Crippen LogP contribution < -0.4 is 81.2 Å². The maximum absolute atomic E-state index is 13.5. The maximum Gasteiger partial charge on any atom is 0.406 e. The number of alkyl carbamates (subject to hydrolysis) is 6. The van der Waals surface area contributed by atoms with E-state index >= 15 is 0 Å². The molecule has 0 bridgehead atoms. The second kappa shape index (κ2) is 48.3. The number of aromatic carboxylic acids is 2. The molecule has 0 saturated carbocycles. The predicted molar refractivity (Wildman–Crippen MR) is 558 cm³/mol. The molecule has 19 rings (SSSR count). The first-order valence-corrected chi connectivity index (χ1v) is 52.0. The molecule has 2 aliphatic carbocycles. The van der Waals surface area contributed by atoms with Gasteiger partial charge in [-0.05, 0) is 174 Å². The number of benzene rings is 9. The van der Waals surface area contributed by atoms with Gasteiger partial charge in [-0.1, -0.05) is 60.7 Å². The lowest BCUT2D eigenvalue weighted by atomic mass is 9.77. The topological polar surface area (TPSA) is 388 Å². The van der Waals surface area contributed by atoms with Crippen molar-refractivity contribution in [3.05, 3.63) is 226 Å². The lowest BCUT2D eigenvalue weighted by Crippen LogP contribution is -2.43. The zero-order chi connectivity index (χ0) is 103. The summed E-state index contributed by atoms with van der Waals surface area (Å²) in [7, 11) is 9.33. The lowest BCUT2D eigenvalue weighted by molar-refractivity contribution is -0.255. The smallest absolute Gasteiger partial charge is 0.406 e. The average molecular weight is 2010 g/mol. The predicted octanol–water partition coefficient (Wildman–Crippen LogP) is 17.3. The number of carbonyl (C=O) groups excluding carboxylic acids is 8. The molecule has 7 aromatic carbocycles. The van der Waals surface area contributed by atoms with Crippen molar-refractivity contribution in [1.29, 1.82) is 0 Å². The SMILES string of the molecule is CNC(=O)OCCC1CCCCN1c1ccc2c(-c3ccccc3C(=O)O)c3ccc(=[N+]4CCCCC4CCOC(=O)NC)cc-3oc2c1.CNC(=O)OCCC1CCCCN1c1ccc2c(-c3ccccc3C(=O)[O-])c3ccc(=[N+]4CCCCC4CCOC(=O)NC)cc-3oc2c1.CNC(=O)OCCC1CCCCN1c1ccc2c(c1)Oc1cc(N3CCCCC3CCOC(=O)NC)ccc1C21OC(=O)c2ccccc21. The van der Waals surface area contributed by atoms with Crippen LogP contribution in [-0.4, -0.2) is 217 Å². The third-order valence-corrected chi connectivity index (χ3v) is 30.0. The van der Waals surface area contributed by atoms with Crippen LogP contribution in [0, 0.1) is 0 Å². The molecule has 0 radical (unpaired) electrons. The summed E-state index contributed by atoms with van der Waals surface area (Å²) in [6.07, 6.45) is 20.7. The van der Waals surface area contributed by atoms with Crippen LogP contribution in [0.1, 0.15) is 202 Å². The van der Waals surface area contributed by atoms with E-state index in [0.29, 0.717) is 116 Å². The van der Waals surface area contributed by atoms with E-state index in [9.17, 15) is 53.4 Å². The first-order valence-electron chi connectivity index (χ1n) is 52.0. The molecule has 6 atom stereocenters. The number of carbonyl (C=O) groups is 9. The highest BCUT2D eigenvalue weighted by atomic mass is 16.6. The number of ether oxygens (including phenoxy) is 8. The van der Waals surface area contributed by atoms with Crippen molar-refractivity contribution >= 4 is 99.2 Å². The molecular weight excluding hydrogens is 1870 g/mol. The molecule has 1 spiro atoms. The average Bonchev–Trinajstić information content (AvgIpc) is 1.57. The van der Waals surface area contributed by atoms with E-state index in [1.807, 2.05) is 97.1 Å². The van der Waals surface area contributed by atoms with Crippen molar-refractivity contribution < 1.29 is 100 Å². The van der Waals surface area contributed by atoms with Gasteiger partial charge in [0.1, 0.15) is 47.3 Å². The zero-order valence-electron chi connectivity index (χ0n) is 84.5. The highest BCUT2D eigenvalue weighted by Crippen LogP contribution is 2.58. The Bertz CT molecular complexity index is 6360. The molecule has 6 fully saturated rings. The third kappa shape index (κ3) is 23.4. The van der Waals surface area contributed by atoms with Crippen molar-refractivity contribution in [2.45, 2.75) is 196 Å². The number of fused-ring (bicyclic) bond motifs is 10. The number of carboxylic acid groups (broad SMARTS) is 2. The Kier molecular flexibility index (Phi) is 34.0. The molecule has 147 heavy (non-hydrogen) atoms. The lowest BCUT2D eigenvalue weighted by Gasteiger charge is -2.41. The van der Waals surface area contributed by atoms with E-state index in [4.69, 9.17) is 46.7 Å². The van der Waals surface area contributed by atoms with Crippen molar-refractivity contribution in [3.63, 3.8) is 0 Å². The van der Waals surface area contributed by atoms with Crippen molar-refractivity contribution in [2.24, 2.45) is 0 Å². The Balaban J connectivity index is 0.000000151. The number of hydrogen-bond acceptors (Lipinski definition) is 24. The van der Waals surface area contributed by atoms with Gasteiger partial charge in [0.25, 0.3) is 0 Å². The summed E-state index contributed by atoms with van der Waals surface area (Å²) in [6, 6.07) is 59.9. The number of hydrogen-bond donors (Lipinski definition) is 7. The Labute approximate surface area is 854 Å². The molecular formula is C114H133N12O21+. The minimum absolute atomic E-state index is 0.115. The minimum Gasteiger partial charge on any atom is -0.545 e. The fourth-order valence-electron chi connectivity index (χ4n) is 22.8. The molecule has 774 valence electrons. The monoisotopic (exact) mass is 2010 g/mol. The van der Waals surface area contributed by atoms with Gasteiger partial charge in [0.2, 0.25) is 10.7 Å². The fourth-order valence-corrected chi connectivity index (χ4v) is 22.8. The van der Waals surface area contributed by atoms with Gasteiger partial charge in [-0.25, -0.2) is 47.5 Å². The number of carboxylic acids is 2. The molecule has 33 heteroatoms. The van der Waals surface area contributed by atoms with Gasteiger partial charge in [0.15, 0.2) is 17.7 Å². The zero-order valence-corrected chi connectivity index (χ0v) is 84.5. The van der Waals surface area contributed by atoms with Crippen LogP contribution in [-0.2, 0) is 38.8 Å². The summed E-state index contributed by atoms with van der Waals surface area (Å²) in [5.41, 5.74) is 11.9. The minimum atomic E-state index is -1.24. The van der Waals surface area contributed by atoms with Crippen molar-refractivity contribution in [2.75, 3.05) is 141 Å². The molecule has 6 saturated heterocycles. The highest BCUT2D eigenvalue weighted by Gasteiger charge is 2.54. The summed E-state index contributed by atoms with van der Waals surface area (Å²) in [5.74, 6) is 0.00995. The summed E-state index contributed by atoms with van der Waals surface area (Å²) in [4.78, 5) is 118. The molecule has 6 unspecified atom stereocenters. The molecule has 10 heterocycles. The van der Waals surface area contributed by atoms with Crippen LogP contribution in [0.25, 0.3) is 66.8 Å². The van der Waals surface area contributed by atoms with Crippen molar-refractivity contribution in [1.82, 2.24) is 41.1 Å². The van der Waals surface area contributed by atoms with Crippen LogP contribution in [0.3, 0.4) is 0 Å². The molecule has 12 aliphatic rings. The Morgan fingerprint density at radius 2 is 0.707 bits per heavy atom. The summed E-state index contributed by atoms with van der Waals surface area (Å²) < 4.78 is 63.4. The Hall–Kier alpha value is -15.1. The standard InChI is InChI=1S/3C38H44N4O7/c1-39-36(44)46-21-17-25-9-5-7-19-41(25)27-13-15-31-33(23-27)48-34-24-28(42-20-8-6-10-26(42)18-22-47-37(45)40-2)14-16-32(34)38(31)30-12-4-3-11-29(30)35(43)49-38;2*1-39-37(45)47-21-17-25-9-5-7-19-41(25)27-13-15-31-33(23-27)49-34-24-28(42-20-8-6-10-26(42)18-22-48-38(46)40-2)14-16-32(34)35(31)29-11-3-4-12-30(29)36(43)44/h3-4,11-16,23-26H,5-10,17-22H2,1-2H3,(H,39,44)(H,40,45);2*3-4,11-16,23-26H,5-10,17-22H2,1-2H3,(H2-,39,40,43,44,45,46)/p+1. The number of esters is 1. The number of amides is 6. The normalized spacial score (nSPS) is 20.1. The van der Waals surface area contributed by atoms with Gasteiger partial charge in [-0.2, -0.15) is 0 Å². The molecule has 7 aromatic rings. The number of anilines is 4. The van der Waals surface area contributed by atoms with Crippen LogP contribution in [0.2, 0.25) is 0 Å². The molecule has 10 aliphatic heterocycles. The largest absolute Gasteiger partial charge is 0.545 e. The van der Waals surface area contributed by atoms with Gasteiger partial charge in [0.05, 0.1) is 68.9 Å². The van der Waals surface area contributed by atoms with Crippen LogP contribution in [0.5, 0.6) is 11.5 Å². The van der Waals surface area contributed by atoms with E-state index in [1.165, 1.54) is 0 Å². The molecule has 33 nitrogen and oxygen atoms in total. The van der Waals surface area contributed by atoms with Gasteiger partial charge >= 0.3 is 48.5 Å². The first-order chi connectivity index (χ1) is 71.7. The van der Waals surface area contributed by atoms with Crippen LogP contribution >= 0.6 is 0 Å². The van der Waals surface area contributed by atoms with Crippen LogP contribution in [0.4, 0.5) is 51.5 Å². The van der Waals surface area contributed by atoms with E-state index in [2.05, 4.69) is 121 Å². The third-order valence-electron chi connectivity index (χ3n) is 30.0. The number of nitrogens with zero attached hydrogens (tertiary/aromatic N) is 6. The van der Waals surface area contributed by atoms with Gasteiger partial charge < -0.3 is 113 Å². The van der Waals surface area contributed by atoms with Crippen LogP contribution in [0.15, 0.2) is 191 Å². The number of piperidine rings is 6. The maximum atomic E-state index is 13.5. The van der Waals surface area contributed by atoms with E-state index in [-0.39, 0.29) is 53.3 Å². The summed E-state index contributed by atoms with van der Waals surface area (Å²) >= 11 is 0. The second-order valence-corrected chi connectivity index (χ2v) is 38.5. The second-order valence-electron chi connectivity index (χ2n) is 38.5. The summed E-state index contributed by atoms with van der Waals surface area (Å²) in [5, 5.41) is 41.2. The van der Waals surface area contributed by atoms with Gasteiger partial charge in [-0.3, -0.25) is 0 Å². The first kappa shape index (κ1) is 103. The number of rotatable bonds is 26. The quantitative estimate of drug-likeness (QED) is 0.0115. The Morgan fingerprint density at radius 1 is 0.367 bits per heavy atom. The molecule has 6 amide bonds. The fraction of sp³-hybridized carbons (Fsp3) is 0.430. The summed E-state index contributed by atoms with van der Waals surface area (Å²) in [6.45, 7) is 7.24. The van der Waals surface area contributed by atoms with Gasteiger partial charge in [-0.15, -0.1) is 0 Å². The Morgan fingerprint density at radius 3 is 1.09 bits per heavy atom. The molecule has 7 N–H and O–H groups in total. The van der Waals surface area contributed by atoms with Gasteiger partial charge in [0, 0.05) is 271 Å². The van der Waals surface area contributed by atoms with E-state index in [1.54, 1.807) is 66.6 Å². The molecule has 0 aromatic heterocycles. The van der Waals surface area contributed by atoms with E-state index in [0.717, 1.165) is 251 Å². The van der Waals surface area contributed by atoms with Crippen molar-refractivity contribution in [3.8, 4) is 56.4 Å². The van der Waals surface area contributed by atoms with E-state index < -0.39 is 54.1 Å².